The van der Waals surface area contributed by atoms with Crippen LogP contribution in [0.4, 0.5) is 0 Å². The second-order valence-corrected chi connectivity index (χ2v) is 5.83. The molecule has 2 atom stereocenters. The lowest BCUT2D eigenvalue weighted by Crippen LogP contribution is -2.23. The highest BCUT2D eigenvalue weighted by Gasteiger charge is 2.26. The van der Waals surface area contributed by atoms with E-state index in [-0.39, 0.29) is 6.10 Å². The first-order valence-electron chi connectivity index (χ1n) is 7.33. The first kappa shape index (κ1) is 12.0. The van der Waals surface area contributed by atoms with Gasteiger partial charge >= 0.3 is 0 Å². The van der Waals surface area contributed by atoms with E-state index in [1.165, 1.54) is 16.7 Å². The van der Waals surface area contributed by atoms with Crippen molar-refractivity contribution < 1.29 is 9.84 Å². The summed E-state index contributed by atoms with van der Waals surface area (Å²) in [6, 6.07) is 14.7. The maximum absolute atomic E-state index is 9.81. The van der Waals surface area contributed by atoms with Crippen LogP contribution in [-0.4, -0.2) is 11.7 Å². The van der Waals surface area contributed by atoms with Crippen LogP contribution in [0.1, 0.15) is 40.7 Å². The number of aryl methyl sites for hydroxylation is 1. The Bertz CT molecular complexity index is 648. The first-order valence-corrected chi connectivity index (χ1v) is 7.33. The lowest BCUT2D eigenvalue weighted by Gasteiger charge is -2.29. The number of ether oxygens (including phenoxy) is 1. The zero-order valence-corrected chi connectivity index (χ0v) is 11.4. The molecular formula is C18H18O2. The topological polar surface area (TPSA) is 29.5 Å². The van der Waals surface area contributed by atoms with Gasteiger partial charge in [0.15, 0.2) is 0 Å². The Labute approximate surface area is 119 Å². The Morgan fingerprint density at radius 3 is 2.85 bits per heavy atom. The molecule has 0 heterocycles. The normalized spacial score (nSPS) is 22.9. The predicted molar refractivity (Wildman–Crippen MR) is 78.1 cm³/mol. The van der Waals surface area contributed by atoms with E-state index >= 15 is 0 Å². The minimum absolute atomic E-state index is 0.280. The van der Waals surface area contributed by atoms with Crippen molar-refractivity contribution in [2.45, 2.75) is 31.3 Å². The molecule has 2 aromatic carbocycles. The quantitative estimate of drug-likeness (QED) is 0.922. The molecule has 0 spiro atoms. The molecule has 0 fully saturated rings. The molecule has 0 aromatic heterocycles. The summed E-state index contributed by atoms with van der Waals surface area (Å²) in [5, 5.41) is 9.81. The highest BCUT2D eigenvalue weighted by molar-refractivity contribution is 5.41. The monoisotopic (exact) mass is 266 g/mol. The summed E-state index contributed by atoms with van der Waals surface area (Å²) < 4.78 is 5.95. The van der Waals surface area contributed by atoms with Crippen LogP contribution >= 0.6 is 0 Å². The van der Waals surface area contributed by atoms with Crippen molar-refractivity contribution in [1.82, 2.24) is 0 Å². The summed E-state index contributed by atoms with van der Waals surface area (Å²) in [7, 11) is 0. The average molecular weight is 266 g/mol. The summed E-state index contributed by atoms with van der Waals surface area (Å²) in [4.78, 5) is 0. The molecule has 0 amide bonds. The number of hydrogen-bond donors (Lipinski definition) is 1. The van der Waals surface area contributed by atoms with Crippen molar-refractivity contribution in [2.75, 3.05) is 6.61 Å². The smallest absolute Gasteiger partial charge is 0.119 e. The fourth-order valence-corrected chi connectivity index (χ4v) is 3.37. The van der Waals surface area contributed by atoms with E-state index in [2.05, 4.69) is 30.3 Å². The van der Waals surface area contributed by atoms with Crippen molar-refractivity contribution >= 4 is 0 Å². The molecule has 2 heteroatoms. The standard InChI is InChI=1S/C18H18O2/c19-18-8-5-13-10-15(6-7-17(13)18)20-11-14-9-12-3-1-2-4-16(12)14/h1-4,6-7,10,14,18-19H,5,8-9,11H2. The molecule has 2 aliphatic carbocycles. The summed E-state index contributed by atoms with van der Waals surface area (Å²) in [6.45, 7) is 0.748. The third-order valence-electron chi connectivity index (χ3n) is 4.57. The fraction of sp³-hybridized carbons (Fsp3) is 0.333. The Morgan fingerprint density at radius 1 is 1.05 bits per heavy atom. The van der Waals surface area contributed by atoms with E-state index in [1.54, 1.807) is 0 Å². The largest absolute Gasteiger partial charge is 0.493 e. The van der Waals surface area contributed by atoms with Crippen LogP contribution in [0.2, 0.25) is 0 Å². The summed E-state index contributed by atoms with van der Waals surface area (Å²) in [5.41, 5.74) is 5.21. The van der Waals surface area contributed by atoms with Crippen molar-refractivity contribution in [2.24, 2.45) is 0 Å². The second kappa shape index (κ2) is 4.64. The van der Waals surface area contributed by atoms with Crippen LogP contribution in [0, 0.1) is 0 Å². The van der Waals surface area contributed by atoms with Crippen LogP contribution in [0.15, 0.2) is 42.5 Å². The van der Waals surface area contributed by atoms with Crippen LogP contribution in [0.5, 0.6) is 5.75 Å². The van der Waals surface area contributed by atoms with Crippen molar-refractivity contribution in [3.05, 3.63) is 64.7 Å². The molecule has 102 valence electrons. The highest BCUT2D eigenvalue weighted by atomic mass is 16.5. The number of aliphatic hydroxyl groups excluding tert-OH is 1. The molecule has 2 aromatic rings. The van der Waals surface area contributed by atoms with Gasteiger partial charge in [-0.25, -0.2) is 0 Å². The predicted octanol–water partition coefficient (Wildman–Crippen LogP) is 3.38. The molecule has 0 aliphatic heterocycles. The van der Waals surface area contributed by atoms with E-state index in [4.69, 9.17) is 4.74 Å². The fourth-order valence-electron chi connectivity index (χ4n) is 3.37. The van der Waals surface area contributed by atoms with Gasteiger partial charge in [0.1, 0.15) is 5.75 Å². The zero-order valence-electron chi connectivity index (χ0n) is 11.4. The molecule has 0 radical (unpaired) electrons. The SMILES string of the molecule is OC1CCc2cc(OCC3Cc4ccccc43)ccc21. The number of rotatable bonds is 3. The molecule has 0 bridgehead atoms. The van der Waals surface area contributed by atoms with Gasteiger partial charge in [-0.15, -0.1) is 0 Å². The Hall–Kier alpha value is -1.80. The maximum Gasteiger partial charge on any atom is 0.119 e. The molecule has 4 rings (SSSR count). The van der Waals surface area contributed by atoms with E-state index < -0.39 is 0 Å². The Kier molecular flexibility index (Phi) is 2.78. The van der Waals surface area contributed by atoms with Crippen molar-refractivity contribution in [3.63, 3.8) is 0 Å². The molecule has 0 saturated carbocycles. The molecule has 2 unspecified atom stereocenters. The van der Waals surface area contributed by atoms with Gasteiger partial charge < -0.3 is 9.84 Å². The van der Waals surface area contributed by atoms with Gasteiger partial charge in [0.2, 0.25) is 0 Å². The van der Waals surface area contributed by atoms with Gasteiger partial charge in [0.05, 0.1) is 12.7 Å². The zero-order chi connectivity index (χ0) is 13.5. The van der Waals surface area contributed by atoms with Crippen LogP contribution in [0.25, 0.3) is 0 Å². The van der Waals surface area contributed by atoms with Gasteiger partial charge in [-0.05, 0) is 53.6 Å². The highest BCUT2D eigenvalue weighted by Crippen LogP contribution is 2.36. The van der Waals surface area contributed by atoms with E-state index in [9.17, 15) is 5.11 Å². The summed E-state index contributed by atoms with van der Waals surface area (Å²) in [6.07, 6.45) is 2.65. The second-order valence-electron chi connectivity index (χ2n) is 5.83. The van der Waals surface area contributed by atoms with Crippen LogP contribution < -0.4 is 4.74 Å². The molecule has 0 saturated heterocycles. The average Bonchev–Trinajstić information content (AvgIpc) is 2.81. The van der Waals surface area contributed by atoms with Crippen molar-refractivity contribution in [3.8, 4) is 5.75 Å². The molecular weight excluding hydrogens is 248 g/mol. The summed E-state index contributed by atoms with van der Waals surface area (Å²) in [5.74, 6) is 1.47. The summed E-state index contributed by atoms with van der Waals surface area (Å²) >= 11 is 0. The van der Waals surface area contributed by atoms with Crippen LogP contribution in [0.3, 0.4) is 0 Å². The number of hydrogen-bond acceptors (Lipinski definition) is 2. The third-order valence-corrected chi connectivity index (χ3v) is 4.57. The molecule has 2 aliphatic rings. The minimum Gasteiger partial charge on any atom is -0.493 e. The van der Waals surface area contributed by atoms with Gasteiger partial charge in [0, 0.05) is 5.92 Å². The number of fused-ring (bicyclic) bond motifs is 2. The Balaban J connectivity index is 1.44. The van der Waals surface area contributed by atoms with E-state index in [1.807, 2.05) is 12.1 Å². The van der Waals surface area contributed by atoms with Gasteiger partial charge in [-0.2, -0.15) is 0 Å². The Morgan fingerprint density at radius 2 is 1.95 bits per heavy atom. The molecule has 2 nitrogen and oxygen atoms in total. The number of benzene rings is 2. The van der Waals surface area contributed by atoms with Gasteiger partial charge in [-0.1, -0.05) is 30.3 Å². The molecule has 20 heavy (non-hydrogen) atoms. The third kappa shape index (κ3) is 1.92. The number of aliphatic hydroxyl groups is 1. The van der Waals surface area contributed by atoms with Gasteiger partial charge in [-0.3, -0.25) is 0 Å². The first-order chi connectivity index (χ1) is 9.81. The van der Waals surface area contributed by atoms with Gasteiger partial charge in [0.25, 0.3) is 0 Å². The lowest BCUT2D eigenvalue weighted by atomic mass is 9.78. The van der Waals surface area contributed by atoms with E-state index in [0.717, 1.165) is 37.2 Å². The van der Waals surface area contributed by atoms with Crippen LogP contribution in [-0.2, 0) is 12.8 Å². The lowest BCUT2D eigenvalue weighted by molar-refractivity contribution is 0.180. The maximum atomic E-state index is 9.81. The van der Waals surface area contributed by atoms with Crippen molar-refractivity contribution in [1.29, 1.82) is 0 Å². The van der Waals surface area contributed by atoms with E-state index in [0.29, 0.717) is 5.92 Å². The molecule has 1 N–H and O–H groups in total. The minimum atomic E-state index is -0.280.